The van der Waals surface area contributed by atoms with Crippen LogP contribution < -0.4 is 0 Å². The normalized spacial score (nSPS) is 19.6. The van der Waals surface area contributed by atoms with Gasteiger partial charge in [0.05, 0.1) is 12.1 Å². The number of carbonyl (C=O) groups is 2. The van der Waals surface area contributed by atoms with Crippen LogP contribution in [0.5, 0.6) is 0 Å². The maximum Gasteiger partial charge on any atom is 0.245 e. The number of nitrogens with one attached hydrogen (secondary N) is 1. The molecule has 0 spiro atoms. The first kappa shape index (κ1) is 14.6. The maximum atomic E-state index is 12.5. The van der Waals surface area contributed by atoms with Gasteiger partial charge in [0.2, 0.25) is 11.8 Å². The molecule has 1 aliphatic rings. The average Bonchev–Trinajstić information content (AvgIpc) is 2.73. The van der Waals surface area contributed by atoms with Gasteiger partial charge >= 0.3 is 0 Å². The number of piperazine rings is 1. The molecular formula is C14H22N4O2. The molecule has 6 nitrogen and oxygen atoms in total. The molecule has 1 unspecified atom stereocenters. The number of likely N-dealkylation sites (N-methyl/N-ethyl adjacent to an activating group) is 1. The Morgan fingerprint density at radius 3 is 2.65 bits per heavy atom. The van der Waals surface area contributed by atoms with E-state index in [1.165, 1.54) is 0 Å². The zero-order chi connectivity index (χ0) is 14.9. The van der Waals surface area contributed by atoms with Crippen molar-refractivity contribution in [2.45, 2.75) is 39.7 Å². The Morgan fingerprint density at radius 2 is 2.10 bits per heavy atom. The second-order valence-electron chi connectivity index (χ2n) is 5.36. The van der Waals surface area contributed by atoms with E-state index in [-0.39, 0.29) is 17.9 Å². The molecule has 2 rings (SSSR count). The Morgan fingerprint density at radius 1 is 1.40 bits per heavy atom. The lowest BCUT2D eigenvalue weighted by molar-refractivity contribution is -0.150. The van der Waals surface area contributed by atoms with Crippen LogP contribution in [-0.2, 0) is 16.0 Å². The summed E-state index contributed by atoms with van der Waals surface area (Å²) in [6, 6.07) is -0.325. The minimum Gasteiger partial charge on any atom is -0.342 e. The molecule has 6 heteroatoms. The van der Waals surface area contributed by atoms with E-state index in [2.05, 4.69) is 10.2 Å². The Kier molecular flexibility index (Phi) is 4.11. The quantitative estimate of drug-likeness (QED) is 0.882. The van der Waals surface area contributed by atoms with Gasteiger partial charge in [-0.3, -0.25) is 14.7 Å². The van der Waals surface area contributed by atoms with E-state index < -0.39 is 0 Å². The van der Waals surface area contributed by atoms with E-state index in [4.69, 9.17) is 0 Å². The van der Waals surface area contributed by atoms with Crippen LogP contribution in [0.4, 0.5) is 0 Å². The lowest BCUT2D eigenvalue weighted by Crippen LogP contribution is -2.57. The van der Waals surface area contributed by atoms with E-state index in [9.17, 15) is 9.59 Å². The molecule has 20 heavy (non-hydrogen) atoms. The molecule has 0 saturated carbocycles. The number of hydrogen-bond donors (Lipinski definition) is 1. The number of aromatic nitrogens is 2. The first-order valence-corrected chi connectivity index (χ1v) is 7.00. The molecule has 2 amide bonds. The summed E-state index contributed by atoms with van der Waals surface area (Å²) in [5.74, 6) is 0.0404. The van der Waals surface area contributed by atoms with Gasteiger partial charge in [-0.2, -0.15) is 5.10 Å². The minimum absolute atomic E-state index is 0.00546. The van der Waals surface area contributed by atoms with Gasteiger partial charge in [0.1, 0.15) is 6.04 Å². The topological polar surface area (TPSA) is 69.3 Å². The van der Waals surface area contributed by atoms with Crippen molar-refractivity contribution in [1.29, 1.82) is 0 Å². The first-order chi connectivity index (χ1) is 9.45. The molecule has 1 aliphatic heterocycles. The van der Waals surface area contributed by atoms with Gasteiger partial charge in [-0.25, -0.2) is 0 Å². The molecule has 0 aliphatic carbocycles. The molecule has 1 aromatic rings. The molecule has 2 heterocycles. The molecule has 0 radical (unpaired) electrons. The smallest absolute Gasteiger partial charge is 0.245 e. The number of carbonyl (C=O) groups excluding carboxylic acids is 2. The van der Waals surface area contributed by atoms with Crippen molar-refractivity contribution in [3.8, 4) is 0 Å². The van der Waals surface area contributed by atoms with Gasteiger partial charge in [-0.05, 0) is 20.3 Å². The first-order valence-electron chi connectivity index (χ1n) is 7.00. The predicted octanol–water partition coefficient (Wildman–Crippen LogP) is 0.648. The lowest BCUT2D eigenvalue weighted by atomic mass is 10.1. The SMILES string of the molecule is CCC1C(=O)N(C)CCN1C(=O)Cc1c(C)n[nH]c1C. The van der Waals surface area contributed by atoms with Crippen molar-refractivity contribution in [2.24, 2.45) is 0 Å². The molecule has 1 saturated heterocycles. The highest BCUT2D eigenvalue weighted by molar-refractivity contribution is 5.89. The van der Waals surface area contributed by atoms with Crippen molar-refractivity contribution in [2.75, 3.05) is 20.1 Å². The molecule has 1 N–H and O–H groups in total. The fourth-order valence-corrected chi connectivity index (χ4v) is 2.69. The van der Waals surface area contributed by atoms with Crippen LogP contribution in [0.15, 0.2) is 0 Å². The van der Waals surface area contributed by atoms with E-state index in [0.717, 1.165) is 17.0 Å². The van der Waals surface area contributed by atoms with Crippen molar-refractivity contribution in [1.82, 2.24) is 20.0 Å². The summed E-state index contributed by atoms with van der Waals surface area (Å²) in [6.07, 6.45) is 0.958. The van der Waals surface area contributed by atoms with Crippen LogP contribution in [0.1, 0.15) is 30.3 Å². The molecule has 110 valence electrons. The number of rotatable bonds is 3. The summed E-state index contributed by atoms with van der Waals surface area (Å²) in [5, 5.41) is 7.00. The van der Waals surface area contributed by atoms with Crippen LogP contribution in [-0.4, -0.2) is 58.0 Å². The fourth-order valence-electron chi connectivity index (χ4n) is 2.69. The monoisotopic (exact) mass is 278 g/mol. The van der Waals surface area contributed by atoms with E-state index in [0.29, 0.717) is 25.9 Å². The van der Waals surface area contributed by atoms with Crippen molar-refractivity contribution in [3.63, 3.8) is 0 Å². The van der Waals surface area contributed by atoms with Gasteiger partial charge in [0, 0.05) is 31.4 Å². The van der Waals surface area contributed by atoms with E-state index in [1.54, 1.807) is 16.8 Å². The van der Waals surface area contributed by atoms with Crippen LogP contribution in [0, 0.1) is 13.8 Å². The predicted molar refractivity (Wildman–Crippen MR) is 75.2 cm³/mol. The van der Waals surface area contributed by atoms with Gasteiger partial charge in [-0.15, -0.1) is 0 Å². The van der Waals surface area contributed by atoms with Crippen LogP contribution in [0.3, 0.4) is 0 Å². The lowest BCUT2D eigenvalue weighted by Gasteiger charge is -2.38. The number of aromatic amines is 1. The van der Waals surface area contributed by atoms with Crippen LogP contribution in [0.2, 0.25) is 0 Å². The summed E-state index contributed by atoms with van der Waals surface area (Å²) >= 11 is 0. The summed E-state index contributed by atoms with van der Waals surface area (Å²) in [6.45, 7) is 6.95. The number of aryl methyl sites for hydroxylation is 2. The fraction of sp³-hybridized carbons (Fsp3) is 0.643. The maximum absolute atomic E-state index is 12.5. The largest absolute Gasteiger partial charge is 0.342 e. The number of nitrogens with zero attached hydrogens (tertiary/aromatic N) is 3. The Balaban J connectivity index is 2.14. The van der Waals surface area contributed by atoms with Gasteiger partial charge in [0.15, 0.2) is 0 Å². The Labute approximate surface area is 119 Å². The third-order valence-corrected chi connectivity index (χ3v) is 4.03. The Bertz CT molecular complexity index is 504. The molecule has 0 aromatic carbocycles. The van der Waals surface area contributed by atoms with Gasteiger partial charge in [-0.1, -0.05) is 6.92 Å². The molecule has 1 aromatic heterocycles. The minimum atomic E-state index is -0.325. The number of H-pyrrole nitrogens is 1. The van der Waals surface area contributed by atoms with Gasteiger partial charge < -0.3 is 9.80 Å². The second kappa shape index (κ2) is 5.64. The molecule has 1 atom stereocenters. The molecular weight excluding hydrogens is 256 g/mol. The standard InChI is InChI=1S/C14H22N4O2/c1-5-12-14(20)17(4)6-7-18(12)13(19)8-11-9(2)15-16-10(11)3/h12H,5-8H2,1-4H3,(H,15,16). The summed E-state index contributed by atoms with van der Waals surface area (Å²) in [4.78, 5) is 28.0. The summed E-state index contributed by atoms with van der Waals surface area (Å²) in [7, 11) is 1.79. The number of amides is 2. The van der Waals surface area contributed by atoms with Gasteiger partial charge in [0.25, 0.3) is 0 Å². The van der Waals surface area contributed by atoms with Crippen LogP contribution in [0.25, 0.3) is 0 Å². The Hall–Kier alpha value is -1.85. The number of hydrogen-bond acceptors (Lipinski definition) is 3. The van der Waals surface area contributed by atoms with Crippen LogP contribution >= 0.6 is 0 Å². The average molecular weight is 278 g/mol. The summed E-state index contributed by atoms with van der Waals surface area (Å²) < 4.78 is 0. The third-order valence-electron chi connectivity index (χ3n) is 4.03. The molecule has 0 bridgehead atoms. The zero-order valence-electron chi connectivity index (χ0n) is 12.6. The highest BCUT2D eigenvalue weighted by atomic mass is 16.2. The van der Waals surface area contributed by atoms with E-state index in [1.807, 2.05) is 20.8 Å². The molecule has 1 fully saturated rings. The van der Waals surface area contributed by atoms with Crippen molar-refractivity contribution >= 4 is 11.8 Å². The second-order valence-corrected chi connectivity index (χ2v) is 5.36. The van der Waals surface area contributed by atoms with Crippen molar-refractivity contribution < 1.29 is 9.59 Å². The highest BCUT2D eigenvalue weighted by Crippen LogP contribution is 2.17. The highest BCUT2D eigenvalue weighted by Gasteiger charge is 2.34. The third kappa shape index (κ3) is 2.55. The summed E-state index contributed by atoms with van der Waals surface area (Å²) in [5.41, 5.74) is 2.71. The zero-order valence-corrected chi connectivity index (χ0v) is 12.6. The van der Waals surface area contributed by atoms with Crippen molar-refractivity contribution in [3.05, 3.63) is 17.0 Å². The van der Waals surface area contributed by atoms with E-state index >= 15 is 0 Å².